The number of nitrogens with zero attached hydrogens (tertiary/aromatic N) is 1. The fourth-order valence-corrected chi connectivity index (χ4v) is 1.46. The third-order valence-corrected chi connectivity index (χ3v) is 2.30. The number of carbonyl (C=O) groups is 3. The van der Waals surface area contributed by atoms with Crippen molar-refractivity contribution >= 4 is 17.9 Å². The zero-order chi connectivity index (χ0) is 12.1. The highest BCUT2D eigenvalue weighted by atomic mass is 16.4. The highest BCUT2D eigenvalue weighted by molar-refractivity contribution is 5.83. The lowest BCUT2D eigenvalue weighted by atomic mass is 10.2. The average Bonchev–Trinajstić information content (AvgIpc) is 2.60. The summed E-state index contributed by atoms with van der Waals surface area (Å²) in [7, 11) is 0. The number of carboxylic acids is 1. The average molecular weight is 229 g/mol. The number of urea groups is 1. The third-order valence-electron chi connectivity index (χ3n) is 2.30. The van der Waals surface area contributed by atoms with Gasteiger partial charge in [0.15, 0.2) is 0 Å². The first-order chi connectivity index (χ1) is 7.52. The molecule has 1 rings (SSSR count). The summed E-state index contributed by atoms with van der Waals surface area (Å²) in [6.07, 6.45) is 0.246. The molecule has 1 atom stereocenters. The fraction of sp³-hybridized carbons (Fsp3) is 0.667. The van der Waals surface area contributed by atoms with Crippen molar-refractivity contribution in [1.82, 2.24) is 15.5 Å². The molecule has 0 spiro atoms. The van der Waals surface area contributed by atoms with Crippen molar-refractivity contribution in [2.24, 2.45) is 0 Å². The van der Waals surface area contributed by atoms with E-state index in [2.05, 4.69) is 10.6 Å². The lowest BCUT2D eigenvalue weighted by molar-refractivity contribution is -0.137. The predicted molar refractivity (Wildman–Crippen MR) is 54.8 cm³/mol. The van der Waals surface area contributed by atoms with Gasteiger partial charge in [0, 0.05) is 19.5 Å². The molecule has 90 valence electrons. The summed E-state index contributed by atoms with van der Waals surface area (Å²) in [6, 6.07) is -0.700. The molecule has 1 unspecified atom stereocenters. The second-order valence-corrected chi connectivity index (χ2v) is 3.56. The Bertz CT molecular complexity index is 305. The first-order valence-electron chi connectivity index (χ1n) is 5.06. The Morgan fingerprint density at radius 2 is 2.31 bits per heavy atom. The Kier molecular flexibility index (Phi) is 4.10. The van der Waals surface area contributed by atoms with Crippen molar-refractivity contribution in [2.75, 3.05) is 19.6 Å². The highest BCUT2D eigenvalue weighted by Crippen LogP contribution is 2.00. The second kappa shape index (κ2) is 5.34. The Morgan fingerprint density at radius 1 is 1.62 bits per heavy atom. The van der Waals surface area contributed by atoms with Crippen LogP contribution in [0, 0.1) is 0 Å². The van der Waals surface area contributed by atoms with E-state index in [1.165, 1.54) is 4.90 Å². The van der Waals surface area contributed by atoms with Crippen molar-refractivity contribution in [3.8, 4) is 0 Å². The van der Waals surface area contributed by atoms with E-state index in [1.54, 1.807) is 6.92 Å². The number of rotatable bonds is 4. The number of aliphatic carboxylic acids is 1. The number of carbonyl (C=O) groups excluding carboxylic acids is 2. The summed E-state index contributed by atoms with van der Waals surface area (Å²) in [4.78, 5) is 34.1. The molecule has 3 N–H and O–H groups in total. The van der Waals surface area contributed by atoms with Gasteiger partial charge < -0.3 is 20.6 Å². The van der Waals surface area contributed by atoms with E-state index in [0.717, 1.165) is 0 Å². The molecule has 1 saturated heterocycles. The fourth-order valence-electron chi connectivity index (χ4n) is 1.46. The van der Waals surface area contributed by atoms with Gasteiger partial charge in [-0.05, 0) is 6.92 Å². The van der Waals surface area contributed by atoms with Crippen LogP contribution < -0.4 is 10.6 Å². The minimum absolute atomic E-state index is 0.105. The molecule has 0 bridgehead atoms. The summed E-state index contributed by atoms with van der Waals surface area (Å²) in [6.45, 7) is 2.07. The summed E-state index contributed by atoms with van der Waals surface area (Å²) in [5.41, 5.74) is 0. The molecule has 0 radical (unpaired) electrons. The monoisotopic (exact) mass is 229 g/mol. The number of likely N-dealkylation sites (N-methyl/N-ethyl adjacent to an activating group) is 1. The molecule has 0 aliphatic carbocycles. The second-order valence-electron chi connectivity index (χ2n) is 3.56. The molecule has 0 aromatic heterocycles. The number of hydrogen-bond acceptors (Lipinski definition) is 3. The SMILES string of the molecule is CCN(CC(=O)O)C(=O)NC1CNC(=O)C1. The molecular formula is C9H15N3O4. The van der Waals surface area contributed by atoms with Crippen molar-refractivity contribution in [2.45, 2.75) is 19.4 Å². The smallest absolute Gasteiger partial charge is 0.323 e. The van der Waals surface area contributed by atoms with E-state index in [-0.39, 0.29) is 24.9 Å². The van der Waals surface area contributed by atoms with Crippen LogP contribution >= 0.6 is 0 Å². The molecule has 3 amide bonds. The lowest BCUT2D eigenvalue weighted by Gasteiger charge is -2.21. The Hall–Kier alpha value is -1.79. The molecule has 7 nitrogen and oxygen atoms in total. The maximum atomic E-state index is 11.6. The van der Waals surface area contributed by atoms with E-state index < -0.39 is 12.0 Å². The van der Waals surface area contributed by atoms with Gasteiger partial charge in [-0.3, -0.25) is 9.59 Å². The largest absolute Gasteiger partial charge is 0.480 e. The Balaban J connectivity index is 2.43. The van der Waals surface area contributed by atoms with Gasteiger partial charge in [0.2, 0.25) is 5.91 Å². The van der Waals surface area contributed by atoms with Gasteiger partial charge in [-0.2, -0.15) is 0 Å². The standard InChI is InChI=1S/C9H15N3O4/c1-2-12(5-8(14)15)9(16)11-6-3-7(13)10-4-6/h6H,2-5H2,1H3,(H,10,13)(H,11,16)(H,14,15). The lowest BCUT2D eigenvalue weighted by Crippen LogP contribution is -2.47. The quantitative estimate of drug-likeness (QED) is 0.575. The minimum atomic E-state index is -1.06. The topological polar surface area (TPSA) is 98.7 Å². The third kappa shape index (κ3) is 3.41. The van der Waals surface area contributed by atoms with Crippen molar-refractivity contribution < 1.29 is 19.5 Å². The summed E-state index contributed by atoms with van der Waals surface area (Å²) in [5, 5.41) is 13.8. The van der Waals surface area contributed by atoms with Crippen LogP contribution in [0.5, 0.6) is 0 Å². The molecule has 1 aliphatic heterocycles. The maximum Gasteiger partial charge on any atom is 0.323 e. The summed E-state index contributed by atoms with van der Waals surface area (Å²) in [5.74, 6) is -1.16. The molecule has 0 saturated carbocycles. The van der Waals surface area contributed by atoms with Gasteiger partial charge in [0.25, 0.3) is 0 Å². The van der Waals surface area contributed by atoms with Crippen LogP contribution in [-0.2, 0) is 9.59 Å². The summed E-state index contributed by atoms with van der Waals surface area (Å²) >= 11 is 0. The number of hydrogen-bond donors (Lipinski definition) is 3. The molecule has 0 aromatic rings. The van der Waals surface area contributed by atoms with Crippen LogP contribution in [0.1, 0.15) is 13.3 Å². The first kappa shape index (κ1) is 12.3. The van der Waals surface area contributed by atoms with Crippen LogP contribution in [0.15, 0.2) is 0 Å². The van der Waals surface area contributed by atoms with Crippen LogP contribution in [0.3, 0.4) is 0 Å². The number of carboxylic acid groups (broad SMARTS) is 1. The van der Waals surface area contributed by atoms with E-state index in [4.69, 9.17) is 5.11 Å². The predicted octanol–water partition coefficient (Wildman–Crippen LogP) is -1.01. The van der Waals surface area contributed by atoms with E-state index >= 15 is 0 Å². The molecule has 1 heterocycles. The van der Waals surface area contributed by atoms with Gasteiger partial charge in [-0.15, -0.1) is 0 Å². The van der Waals surface area contributed by atoms with Crippen LogP contribution in [0.4, 0.5) is 4.79 Å². The number of nitrogens with one attached hydrogen (secondary N) is 2. The normalized spacial score (nSPS) is 19.1. The zero-order valence-corrected chi connectivity index (χ0v) is 9.02. The van der Waals surface area contributed by atoms with Crippen LogP contribution in [0.2, 0.25) is 0 Å². The van der Waals surface area contributed by atoms with Crippen molar-refractivity contribution in [1.29, 1.82) is 0 Å². The highest BCUT2D eigenvalue weighted by Gasteiger charge is 2.25. The molecular weight excluding hydrogens is 214 g/mol. The van der Waals surface area contributed by atoms with Crippen LogP contribution in [-0.4, -0.2) is 53.6 Å². The van der Waals surface area contributed by atoms with Gasteiger partial charge in [-0.1, -0.05) is 0 Å². The Labute approximate surface area is 92.8 Å². The van der Waals surface area contributed by atoms with E-state index in [0.29, 0.717) is 13.1 Å². The molecule has 1 aliphatic rings. The molecule has 7 heteroatoms. The minimum Gasteiger partial charge on any atom is -0.480 e. The van der Waals surface area contributed by atoms with Crippen LogP contribution in [0.25, 0.3) is 0 Å². The van der Waals surface area contributed by atoms with E-state index in [9.17, 15) is 14.4 Å². The van der Waals surface area contributed by atoms with Gasteiger partial charge in [0.05, 0.1) is 6.04 Å². The molecule has 0 aromatic carbocycles. The zero-order valence-electron chi connectivity index (χ0n) is 9.02. The number of amides is 3. The van der Waals surface area contributed by atoms with Crippen molar-refractivity contribution in [3.63, 3.8) is 0 Å². The first-order valence-corrected chi connectivity index (χ1v) is 5.06. The maximum absolute atomic E-state index is 11.6. The van der Waals surface area contributed by atoms with Crippen molar-refractivity contribution in [3.05, 3.63) is 0 Å². The van der Waals surface area contributed by atoms with Gasteiger partial charge >= 0.3 is 12.0 Å². The molecule has 16 heavy (non-hydrogen) atoms. The van der Waals surface area contributed by atoms with Gasteiger partial charge in [-0.25, -0.2) is 4.79 Å². The Morgan fingerprint density at radius 3 is 2.75 bits per heavy atom. The summed E-state index contributed by atoms with van der Waals surface area (Å²) < 4.78 is 0. The molecule has 1 fully saturated rings. The van der Waals surface area contributed by atoms with E-state index in [1.807, 2.05) is 0 Å². The van der Waals surface area contributed by atoms with Gasteiger partial charge in [0.1, 0.15) is 6.54 Å².